The van der Waals surface area contributed by atoms with E-state index in [0.717, 1.165) is 32.5 Å². The third kappa shape index (κ3) is 8.18. The highest BCUT2D eigenvalue weighted by molar-refractivity contribution is 5.03. The summed E-state index contributed by atoms with van der Waals surface area (Å²) in [6.07, 6.45) is 1.94. The number of hydrogen-bond donors (Lipinski definition) is 1. The van der Waals surface area contributed by atoms with Gasteiger partial charge in [-0.1, -0.05) is 27.7 Å². The van der Waals surface area contributed by atoms with Crippen LogP contribution in [-0.4, -0.2) is 37.1 Å². The van der Waals surface area contributed by atoms with Crippen molar-refractivity contribution < 1.29 is 0 Å². The maximum atomic E-state index is 9.23. The fourth-order valence-electron chi connectivity index (χ4n) is 1.89. The summed E-state index contributed by atoms with van der Waals surface area (Å²) in [6.45, 7) is 13.8. The van der Waals surface area contributed by atoms with Gasteiger partial charge in [-0.05, 0) is 38.8 Å². The molecule has 17 heavy (non-hydrogen) atoms. The predicted octanol–water partition coefficient (Wildman–Crippen LogP) is 2.64. The summed E-state index contributed by atoms with van der Waals surface area (Å²) in [7, 11) is 2.13. The van der Waals surface area contributed by atoms with Crippen molar-refractivity contribution in [1.29, 1.82) is 5.26 Å². The minimum Gasteiger partial charge on any atom is -0.306 e. The quantitative estimate of drug-likeness (QED) is 0.742. The molecule has 0 aliphatic rings. The Labute approximate surface area is 107 Å². The van der Waals surface area contributed by atoms with Gasteiger partial charge in [0.2, 0.25) is 0 Å². The Morgan fingerprint density at radius 2 is 1.82 bits per heavy atom. The summed E-state index contributed by atoms with van der Waals surface area (Å²) in [6, 6.07) is 2.39. The van der Waals surface area contributed by atoms with Gasteiger partial charge in [-0.3, -0.25) is 5.32 Å². The van der Waals surface area contributed by atoms with Crippen molar-refractivity contribution in [2.75, 3.05) is 26.7 Å². The zero-order valence-electron chi connectivity index (χ0n) is 12.4. The second kappa shape index (κ2) is 6.98. The van der Waals surface area contributed by atoms with E-state index in [1.54, 1.807) is 0 Å². The molecule has 1 unspecified atom stereocenters. The molecule has 0 fully saturated rings. The molecular weight excluding hydrogens is 210 g/mol. The van der Waals surface area contributed by atoms with Gasteiger partial charge in [-0.2, -0.15) is 5.26 Å². The van der Waals surface area contributed by atoms with Crippen molar-refractivity contribution in [3.8, 4) is 6.07 Å². The average Bonchev–Trinajstić information content (AvgIpc) is 2.21. The third-order valence-electron chi connectivity index (χ3n) is 2.75. The van der Waals surface area contributed by atoms with Crippen LogP contribution in [0, 0.1) is 16.7 Å². The molecular formula is C14H29N3. The highest BCUT2D eigenvalue weighted by Gasteiger charge is 2.23. The Morgan fingerprint density at radius 1 is 1.24 bits per heavy atom. The summed E-state index contributed by atoms with van der Waals surface area (Å²) in [4.78, 5) is 2.31. The Hall–Kier alpha value is -0.590. The highest BCUT2D eigenvalue weighted by Crippen LogP contribution is 2.16. The number of nitriles is 1. The standard InChI is InChI=1S/C14H29N3/c1-7-9-16-14(5,11-15)8-10-17(6)12-13(2,3)4/h16H,7-10,12H2,1-6H3. The molecule has 0 aromatic heterocycles. The Kier molecular flexibility index (Phi) is 6.74. The zero-order valence-corrected chi connectivity index (χ0v) is 12.4. The van der Waals surface area contributed by atoms with Gasteiger partial charge in [0.25, 0.3) is 0 Å². The largest absolute Gasteiger partial charge is 0.306 e. The van der Waals surface area contributed by atoms with Gasteiger partial charge in [0.05, 0.1) is 6.07 Å². The van der Waals surface area contributed by atoms with Crippen LogP contribution >= 0.6 is 0 Å². The molecule has 0 aliphatic heterocycles. The van der Waals surface area contributed by atoms with Crippen molar-refractivity contribution in [1.82, 2.24) is 10.2 Å². The lowest BCUT2D eigenvalue weighted by Crippen LogP contribution is -2.44. The van der Waals surface area contributed by atoms with Gasteiger partial charge in [-0.25, -0.2) is 0 Å². The normalized spacial score (nSPS) is 15.6. The summed E-state index contributed by atoms with van der Waals surface area (Å²) < 4.78 is 0. The second-order valence-corrected chi connectivity index (χ2v) is 6.42. The van der Waals surface area contributed by atoms with Crippen molar-refractivity contribution >= 4 is 0 Å². The number of hydrogen-bond acceptors (Lipinski definition) is 3. The van der Waals surface area contributed by atoms with E-state index < -0.39 is 0 Å². The van der Waals surface area contributed by atoms with E-state index >= 15 is 0 Å². The van der Waals surface area contributed by atoms with Gasteiger partial charge in [0.1, 0.15) is 5.54 Å². The molecule has 1 N–H and O–H groups in total. The molecule has 0 bridgehead atoms. The zero-order chi connectivity index (χ0) is 13.5. The SMILES string of the molecule is CCCNC(C)(C#N)CCN(C)CC(C)(C)C. The first kappa shape index (κ1) is 16.4. The first-order valence-electron chi connectivity index (χ1n) is 6.57. The Bertz CT molecular complexity index is 249. The maximum Gasteiger partial charge on any atom is 0.105 e. The topological polar surface area (TPSA) is 39.1 Å². The maximum absolute atomic E-state index is 9.23. The first-order valence-corrected chi connectivity index (χ1v) is 6.57. The van der Waals surface area contributed by atoms with Gasteiger partial charge < -0.3 is 4.90 Å². The Morgan fingerprint density at radius 3 is 2.24 bits per heavy atom. The van der Waals surface area contributed by atoms with Crippen LogP contribution in [0.3, 0.4) is 0 Å². The van der Waals surface area contributed by atoms with E-state index in [4.69, 9.17) is 0 Å². The fraction of sp³-hybridized carbons (Fsp3) is 0.929. The van der Waals surface area contributed by atoms with Crippen LogP contribution in [0.25, 0.3) is 0 Å². The second-order valence-electron chi connectivity index (χ2n) is 6.42. The summed E-state index contributed by atoms with van der Waals surface area (Å²) in [5.74, 6) is 0. The van der Waals surface area contributed by atoms with Gasteiger partial charge >= 0.3 is 0 Å². The molecule has 1 atom stereocenters. The lowest BCUT2D eigenvalue weighted by molar-refractivity contribution is 0.211. The molecule has 0 rings (SSSR count). The predicted molar refractivity (Wildman–Crippen MR) is 73.9 cm³/mol. The molecule has 0 saturated carbocycles. The molecule has 0 heterocycles. The van der Waals surface area contributed by atoms with Gasteiger partial charge in [0, 0.05) is 13.1 Å². The van der Waals surface area contributed by atoms with E-state index in [-0.39, 0.29) is 5.54 Å². The third-order valence-corrected chi connectivity index (χ3v) is 2.75. The van der Waals surface area contributed by atoms with Crippen LogP contribution in [0.1, 0.15) is 47.5 Å². The number of nitrogens with one attached hydrogen (secondary N) is 1. The monoisotopic (exact) mass is 239 g/mol. The minimum atomic E-state index is -0.387. The van der Waals surface area contributed by atoms with Crippen molar-refractivity contribution in [2.45, 2.75) is 53.0 Å². The molecule has 0 aliphatic carbocycles. The van der Waals surface area contributed by atoms with Gasteiger partial charge in [-0.15, -0.1) is 0 Å². The van der Waals surface area contributed by atoms with E-state index in [2.05, 4.69) is 51.0 Å². The molecule has 0 saturated heterocycles. The number of nitrogens with zero attached hydrogens (tertiary/aromatic N) is 2. The lowest BCUT2D eigenvalue weighted by atomic mass is 9.95. The molecule has 3 heteroatoms. The smallest absolute Gasteiger partial charge is 0.105 e. The van der Waals surface area contributed by atoms with E-state index in [1.165, 1.54) is 0 Å². The molecule has 3 nitrogen and oxygen atoms in total. The van der Waals surface area contributed by atoms with Crippen LogP contribution in [0.15, 0.2) is 0 Å². The number of rotatable bonds is 7. The highest BCUT2D eigenvalue weighted by atomic mass is 15.1. The first-order chi connectivity index (χ1) is 7.72. The molecule has 0 aromatic rings. The van der Waals surface area contributed by atoms with Crippen molar-refractivity contribution in [3.05, 3.63) is 0 Å². The van der Waals surface area contributed by atoms with Crippen molar-refractivity contribution in [3.63, 3.8) is 0 Å². The summed E-state index contributed by atoms with van der Waals surface area (Å²) >= 11 is 0. The average molecular weight is 239 g/mol. The Balaban J connectivity index is 4.11. The minimum absolute atomic E-state index is 0.314. The fourth-order valence-corrected chi connectivity index (χ4v) is 1.89. The van der Waals surface area contributed by atoms with Crippen molar-refractivity contribution in [2.24, 2.45) is 5.41 Å². The van der Waals surface area contributed by atoms with Gasteiger partial charge in [0.15, 0.2) is 0 Å². The van der Waals surface area contributed by atoms with Crippen LogP contribution in [-0.2, 0) is 0 Å². The molecule has 0 amide bonds. The van der Waals surface area contributed by atoms with E-state index in [1.807, 2.05) is 6.92 Å². The molecule has 0 spiro atoms. The van der Waals surface area contributed by atoms with E-state index in [0.29, 0.717) is 5.41 Å². The molecule has 0 aromatic carbocycles. The molecule has 100 valence electrons. The van der Waals surface area contributed by atoms with Crippen LogP contribution in [0.4, 0.5) is 0 Å². The van der Waals surface area contributed by atoms with Crippen LogP contribution in [0.2, 0.25) is 0 Å². The van der Waals surface area contributed by atoms with Crippen LogP contribution in [0.5, 0.6) is 0 Å². The van der Waals surface area contributed by atoms with Crippen LogP contribution < -0.4 is 5.32 Å². The lowest BCUT2D eigenvalue weighted by Gasteiger charge is -2.30. The summed E-state index contributed by atoms with van der Waals surface area (Å²) in [5, 5.41) is 12.6. The van der Waals surface area contributed by atoms with E-state index in [9.17, 15) is 5.26 Å². The molecule has 0 radical (unpaired) electrons. The summed E-state index contributed by atoms with van der Waals surface area (Å²) in [5.41, 5.74) is -0.0726.